The Hall–Kier alpha value is -1.87. The first-order valence-corrected chi connectivity index (χ1v) is 7.12. The second-order valence-corrected chi connectivity index (χ2v) is 6.24. The molecule has 0 fully saturated rings. The van der Waals surface area contributed by atoms with Crippen molar-refractivity contribution in [2.24, 2.45) is 0 Å². The van der Waals surface area contributed by atoms with Gasteiger partial charge in [-0.15, -0.1) is 0 Å². The van der Waals surface area contributed by atoms with E-state index in [0.717, 1.165) is 6.54 Å². The zero-order valence-corrected chi connectivity index (χ0v) is 13.0. The lowest BCUT2D eigenvalue weighted by Crippen LogP contribution is -2.34. The Kier molecular flexibility index (Phi) is 4.63. The molecule has 0 atom stereocenters. The molecule has 2 aromatic carbocycles. The third-order valence-corrected chi connectivity index (χ3v) is 3.13. The quantitative estimate of drug-likeness (QED) is 0.871. The second-order valence-electron chi connectivity index (χ2n) is 6.24. The van der Waals surface area contributed by atoms with Gasteiger partial charge in [-0.05, 0) is 57.0 Å². The molecular weight excluding hydrogens is 265 g/mol. The van der Waals surface area contributed by atoms with Crippen molar-refractivity contribution in [3.8, 4) is 11.5 Å². The average Bonchev–Trinajstić information content (AvgIpc) is 2.42. The predicted molar refractivity (Wildman–Crippen MR) is 84.2 cm³/mol. The van der Waals surface area contributed by atoms with E-state index in [1.807, 2.05) is 24.3 Å². The fourth-order valence-corrected chi connectivity index (χ4v) is 1.87. The van der Waals surface area contributed by atoms with Crippen molar-refractivity contribution in [1.29, 1.82) is 0 Å². The van der Waals surface area contributed by atoms with E-state index >= 15 is 0 Å². The molecule has 0 heterocycles. The number of rotatable bonds is 4. The summed E-state index contributed by atoms with van der Waals surface area (Å²) in [5, 5.41) is 3.42. The fourth-order valence-electron chi connectivity index (χ4n) is 1.87. The van der Waals surface area contributed by atoms with Crippen LogP contribution in [0, 0.1) is 12.7 Å². The Bertz CT molecular complexity index is 600. The van der Waals surface area contributed by atoms with Crippen LogP contribution in [0.4, 0.5) is 4.39 Å². The zero-order valence-electron chi connectivity index (χ0n) is 13.0. The first kappa shape index (κ1) is 15.5. The van der Waals surface area contributed by atoms with Crippen LogP contribution < -0.4 is 10.1 Å². The Morgan fingerprint density at radius 2 is 1.71 bits per heavy atom. The first-order chi connectivity index (χ1) is 9.85. The number of halogens is 1. The maximum absolute atomic E-state index is 13.9. The highest BCUT2D eigenvalue weighted by molar-refractivity contribution is 5.36. The molecule has 2 aromatic rings. The largest absolute Gasteiger partial charge is 0.454 e. The van der Waals surface area contributed by atoms with Crippen LogP contribution in [-0.4, -0.2) is 5.54 Å². The van der Waals surface area contributed by atoms with Gasteiger partial charge in [-0.25, -0.2) is 4.39 Å². The van der Waals surface area contributed by atoms with Gasteiger partial charge >= 0.3 is 0 Å². The third-order valence-electron chi connectivity index (χ3n) is 3.13. The van der Waals surface area contributed by atoms with Crippen LogP contribution in [0.5, 0.6) is 11.5 Å². The lowest BCUT2D eigenvalue weighted by atomic mass is 10.1. The van der Waals surface area contributed by atoms with E-state index in [-0.39, 0.29) is 17.1 Å². The van der Waals surface area contributed by atoms with Crippen LogP contribution in [0.1, 0.15) is 31.9 Å². The number of ether oxygens (including phenoxy) is 1. The highest BCUT2D eigenvalue weighted by atomic mass is 19.1. The van der Waals surface area contributed by atoms with Crippen molar-refractivity contribution in [2.75, 3.05) is 0 Å². The molecule has 0 radical (unpaired) electrons. The summed E-state index contributed by atoms with van der Waals surface area (Å²) in [4.78, 5) is 0. The van der Waals surface area contributed by atoms with Gasteiger partial charge in [0.25, 0.3) is 0 Å². The molecule has 0 saturated carbocycles. The SMILES string of the molecule is Cc1cccc(Oc2ccc(CNC(C)(C)C)cc2)c1F. The van der Waals surface area contributed by atoms with Gasteiger partial charge in [0.2, 0.25) is 0 Å². The van der Waals surface area contributed by atoms with Crippen molar-refractivity contribution < 1.29 is 9.13 Å². The van der Waals surface area contributed by atoms with Gasteiger partial charge in [0.1, 0.15) is 5.75 Å². The van der Waals surface area contributed by atoms with E-state index in [9.17, 15) is 4.39 Å². The molecule has 0 amide bonds. The van der Waals surface area contributed by atoms with Gasteiger partial charge in [-0.2, -0.15) is 0 Å². The predicted octanol–water partition coefficient (Wildman–Crippen LogP) is 4.81. The Morgan fingerprint density at radius 3 is 2.33 bits per heavy atom. The molecule has 0 bridgehead atoms. The highest BCUT2D eigenvalue weighted by Gasteiger charge is 2.09. The molecule has 1 N–H and O–H groups in total. The van der Waals surface area contributed by atoms with Gasteiger partial charge < -0.3 is 10.1 Å². The second kappa shape index (κ2) is 6.27. The molecule has 0 aromatic heterocycles. The summed E-state index contributed by atoms with van der Waals surface area (Å²) < 4.78 is 19.5. The molecule has 0 aliphatic rings. The van der Waals surface area contributed by atoms with E-state index in [1.165, 1.54) is 5.56 Å². The molecule has 21 heavy (non-hydrogen) atoms. The van der Waals surface area contributed by atoms with Crippen molar-refractivity contribution in [2.45, 2.75) is 39.8 Å². The van der Waals surface area contributed by atoms with E-state index in [2.05, 4.69) is 26.1 Å². The fraction of sp³-hybridized carbons (Fsp3) is 0.333. The number of nitrogens with one attached hydrogen (secondary N) is 1. The Balaban J connectivity index is 2.04. The van der Waals surface area contributed by atoms with Gasteiger partial charge in [0.05, 0.1) is 0 Å². The van der Waals surface area contributed by atoms with Crippen molar-refractivity contribution in [3.05, 3.63) is 59.4 Å². The molecule has 2 nitrogen and oxygen atoms in total. The van der Waals surface area contributed by atoms with Crippen molar-refractivity contribution in [3.63, 3.8) is 0 Å². The van der Waals surface area contributed by atoms with Crippen LogP contribution in [0.3, 0.4) is 0 Å². The minimum absolute atomic E-state index is 0.0832. The summed E-state index contributed by atoms with van der Waals surface area (Å²) >= 11 is 0. The van der Waals surface area contributed by atoms with E-state index in [0.29, 0.717) is 11.3 Å². The Morgan fingerprint density at radius 1 is 1.05 bits per heavy atom. The minimum atomic E-state index is -0.309. The molecule has 0 saturated heterocycles. The number of benzene rings is 2. The molecule has 0 aliphatic carbocycles. The summed E-state index contributed by atoms with van der Waals surface area (Å²) in [6, 6.07) is 12.8. The van der Waals surface area contributed by atoms with Gasteiger partial charge in [0.15, 0.2) is 11.6 Å². The smallest absolute Gasteiger partial charge is 0.168 e. The van der Waals surface area contributed by atoms with Crippen LogP contribution in [-0.2, 0) is 6.54 Å². The van der Waals surface area contributed by atoms with Gasteiger partial charge in [0, 0.05) is 12.1 Å². The third kappa shape index (κ3) is 4.57. The van der Waals surface area contributed by atoms with Crippen molar-refractivity contribution in [1.82, 2.24) is 5.32 Å². The number of hydrogen-bond acceptors (Lipinski definition) is 2. The molecule has 3 heteroatoms. The number of hydrogen-bond donors (Lipinski definition) is 1. The first-order valence-electron chi connectivity index (χ1n) is 7.12. The normalized spacial score (nSPS) is 11.5. The summed E-state index contributed by atoms with van der Waals surface area (Å²) in [6.07, 6.45) is 0. The number of aryl methyl sites for hydroxylation is 1. The standard InChI is InChI=1S/C18H22FNO/c1-13-6-5-7-16(17(13)19)21-15-10-8-14(9-11-15)12-20-18(2,3)4/h5-11,20H,12H2,1-4H3. The summed E-state index contributed by atoms with van der Waals surface area (Å²) in [7, 11) is 0. The molecular formula is C18H22FNO. The maximum Gasteiger partial charge on any atom is 0.168 e. The monoisotopic (exact) mass is 287 g/mol. The zero-order chi connectivity index (χ0) is 15.5. The topological polar surface area (TPSA) is 21.3 Å². The summed E-state index contributed by atoms with van der Waals surface area (Å²) in [5.74, 6) is 0.588. The average molecular weight is 287 g/mol. The van der Waals surface area contributed by atoms with Crippen LogP contribution >= 0.6 is 0 Å². The molecule has 0 spiro atoms. The Labute approximate surface area is 126 Å². The lowest BCUT2D eigenvalue weighted by Gasteiger charge is -2.20. The summed E-state index contributed by atoms with van der Waals surface area (Å²) in [6.45, 7) is 8.91. The highest BCUT2D eigenvalue weighted by Crippen LogP contribution is 2.26. The molecule has 112 valence electrons. The van der Waals surface area contributed by atoms with Crippen LogP contribution in [0.15, 0.2) is 42.5 Å². The van der Waals surface area contributed by atoms with Gasteiger partial charge in [-0.1, -0.05) is 24.3 Å². The lowest BCUT2D eigenvalue weighted by molar-refractivity contribution is 0.423. The maximum atomic E-state index is 13.9. The molecule has 0 unspecified atom stereocenters. The van der Waals surface area contributed by atoms with E-state index in [1.54, 1.807) is 25.1 Å². The van der Waals surface area contributed by atoms with Crippen LogP contribution in [0.25, 0.3) is 0 Å². The van der Waals surface area contributed by atoms with Crippen LogP contribution in [0.2, 0.25) is 0 Å². The summed E-state index contributed by atoms with van der Waals surface area (Å²) in [5.41, 5.74) is 1.83. The molecule has 2 rings (SSSR count). The molecule has 0 aliphatic heterocycles. The minimum Gasteiger partial charge on any atom is -0.454 e. The van der Waals surface area contributed by atoms with Crippen molar-refractivity contribution >= 4 is 0 Å². The van der Waals surface area contributed by atoms with E-state index < -0.39 is 0 Å². The van der Waals surface area contributed by atoms with E-state index in [4.69, 9.17) is 4.74 Å². The van der Waals surface area contributed by atoms with Gasteiger partial charge in [-0.3, -0.25) is 0 Å².